The number of hydrogen-bond donors (Lipinski definition) is 1. The molecule has 0 aliphatic carbocycles. The second kappa shape index (κ2) is 7.36. The Morgan fingerprint density at radius 3 is 2.64 bits per heavy atom. The van der Waals surface area contributed by atoms with Gasteiger partial charge in [0.2, 0.25) is 5.91 Å². The van der Waals surface area contributed by atoms with Gasteiger partial charge in [0.25, 0.3) is 0 Å². The van der Waals surface area contributed by atoms with Gasteiger partial charge in [-0.05, 0) is 69.5 Å². The van der Waals surface area contributed by atoms with E-state index in [-0.39, 0.29) is 18.0 Å². The van der Waals surface area contributed by atoms with E-state index in [1.807, 2.05) is 23.1 Å². The van der Waals surface area contributed by atoms with Crippen molar-refractivity contribution in [2.24, 2.45) is 0 Å². The van der Waals surface area contributed by atoms with Crippen molar-refractivity contribution in [3.05, 3.63) is 47.2 Å². The molecule has 2 atom stereocenters. The second-order valence-corrected chi connectivity index (χ2v) is 7.06. The Morgan fingerprint density at radius 2 is 1.96 bits per heavy atom. The highest BCUT2D eigenvalue weighted by molar-refractivity contribution is 6.33. The van der Waals surface area contributed by atoms with E-state index in [1.165, 1.54) is 6.42 Å². The van der Waals surface area contributed by atoms with Gasteiger partial charge in [-0.3, -0.25) is 4.79 Å². The summed E-state index contributed by atoms with van der Waals surface area (Å²) < 4.78 is 5.80. The highest BCUT2D eigenvalue weighted by atomic mass is 35.5. The molecule has 25 heavy (non-hydrogen) atoms. The van der Waals surface area contributed by atoms with Crippen LogP contribution in [0, 0.1) is 0 Å². The Morgan fingerprint density at radius 1 is 1.24 bits per heavy atom. The predicted molar refractivity (Wildman–Crippen MR) is 102 cm³/mol. The fourth-order valence-electron chi connectivity index (χ4n) is 3.41. The van der Waals surface area contributed by atoms with E-state index in [0.717, 1.165) is 18.4 Å². The van der Waals surface area contributed by atoms with Crippen molar-refractivity contribution in [3.63, 3.8) is 0 Å². The van der Waals surface area contributed by atoms with Crippen LogP contribution in [0.15, 0.2) is 40.8 Å². The molecule has 1 aromatic heterocycles. The van der Waals surface area contributed by atoms with Gasteiger partial charge in [0, 0.05) is 29.4 Å². The molecule has 0 saturated carbocycles. The summed E-state index contributed by atoms with van der Waals surface area (Å²) >= 11 is 6.22. The van der Waals surface area contributed by atoms with Gasteiger partial charge in [0.15, 0.2) is 0 Å². The maximum absolute atomic E-state index is 12.5. The Bertz CT molecular complexity index is 787. The monoisotopic (exact) mass is 358 g/mol. The zero-order valence-electron chi connectivity index (χ0n) is 14.5. The fraction of sp³-hybridized carbons (Fsp3) is 0.350. The number of carbonyl (C=O) groups excluding carboxylic acids is 1. The number of anilines is 1. The molecule has 3 rings (SSSR count). The van der Waals surface area contributed by atoms with Crippen LogP contribution in [0.25, 0.3) is 17.4 Å². The maximum atomic E-state index is 12.5. The lowest BCUT2D eigenvalue weighted by molar-refractivity contribution is -0.131. The van der Waals surface area contributed by atoms with E-state index in [4.69, 9.17) is 21.8 Å². The van der Waals surface area contributed by atoms with Crippen molar-refractivity contribution in [3.8, 4) is 11.3 Å². The predicted octanol–water partition coefficient (Wildman–Crippen LogP) is 4.98. The molecule has 132 valence electrons. The van der Waals surface area contributed by atoms with Gasteiger partial charge >= 0.3 is 0 Å². The second-order valence-electron chi connectivity index (χ2n) is 6.65. The Hall–Kier alpha value is -2.20. The minimum atomic E-state index is 0.0307. The molecular weight excluding hydrogens is 336 g/mol. The van der Waals surface area contributed by atoms with Crippen LogP contribution in [0.1, 0.15) is 38.9 Å². The number of nitrogen functional groups attached to an aromatic ring is 1. The van der Waals surface area contributed by atoms with Crippen LogP contribution < -0.4 is 5.73 Å². The molecule has 0 radical (unpaired) electrons. The molecule has 4 nitrogen and oxygen atoms in total. The summed E-state index contributed by atoms with van der Waals surface area (Å²) in [4.78, 5) is 14.5. The number of amides is 1. The van der Waals surface area contributed by atoms with Crippen molar-refractivity contribution in [1.82, 2.24) is 4.90 Å². The van der Waals surface area contributed by atoms with Gasteiger partial charge in [0.05, 0.1) is 5.02 Å². The summed E-state index contributed by atoms with van der Waals surface area (Å²) in [5.74, 6) is 1.30. The van der Waals surface area contributed by atoms with E-state index in [1.54, 1.807) is 24.3 Å². The normalized spacial score (nSPS) is 21.0. The lowest BCUT2D eigenvalue weighted by Gasteiger charge is -2.38. The number of halogens is 1. The number of likely N-dealkylation sites (tertiary alicyclic amines) is 1. The van der Waals surface area contributed by atoms with Crippen LogP contribution in [0.3, 0.4) is 0 Å². The van der Waals surface area contributed by atoms with E-state index >= 15 is 0 Å². The number of benzene rings is 1. The van der Waals surface area contributed by atoms with Crippen molar-refractivity contribution in [1.29, 1.82) is 0 Å². The Balaban J connectivity index is 1.74. The molecule has 0 bridgehead atoms. The average Bonchev–Trinajstić information content (AvgIpc) is 3.01. The first kappa shape index (κ1) is 17.6. The number of carbonyl (C=O) groups is 1. The number of nitrogens with two attached hydrogens (primary N) is 1. The molecule has 1 saturated heterocycles. The molecule has 2 aromatic rings. The molecule has 1 fully saturated rings. The smallest absolute Gasteiger partial charge is 0.247 e. The lowest BCUT2D eigenvalue weighted by Crippen LogP contribution is -2.46. The number of rotatable bonds is 3. The summed E-state index contributed by atoms with van der Waals surface area (Å²) in [7, 11) is 0. The topological polar surface area (TPSA) is 59.5 Å². The van der Waals surface area contributed by atoms with Crippen LogP contribution >= 0.6 is 11.6 Å². The molecule has 1 aromatic carbocycles. The van der Waals surface area contributed by atoms with E-state index in [9.17, 15) is 4.79 Å². The first-order valence-electron chi connectivity index (χ1n) is 8.61. The van der Waals surface area contributed by atoms with Crippen LogP contribution in [-0.2, 0) is 4.79 Å². The van der Waals surface area contributed by atoms with Gasteiger partial charge in [-0.15, -0.1) is 0 Å². The summed E-state index contributed by atoms with van der Waals surface area (Å²) in [6.07, 6.45) is 6.60. The van der Waals surface area contributed by atoms with Crippen molar-refractivity contribution in [2.45, 2.75) is 45.2 Å². The van der Waals surface area contributed by atoms with Gasteiger partial charge in [-0.25, -0.2) is 0 Å². The number of furan rings is 1. The third kappa shape index (κ3) is 3.90. The summed E-state index contributed by atoms with van der Waals surface area (Å²) in [5.41, 5.74) is 7.10. The molecule has 1 aliphatic heterocycles. The van der Waals surface area contributed by atoms with E-state index < -0.39 is 0 Å². The largest absolute Gasteiger partial charge is 0.457 e. The quantitative estimate of drug-likeness (QED) is 0.621. The fourth-order valence-corrected chi connectivity index (χ4v) is 3.70. The average molecular weight is 359 g/mol. The van der Waals surface area contributed by atoms with Crippen LogP contribution in [0.4, 0.5) is 5.69 Å². The van der Waals surface area contributed by atoms with Gasteiger partial charge in [0.1, 0.15) is 11.5 Å². The number of hydrogen-bond acceptors (Lipinski definition) is 3. The lowest BCUT2D eigenvalue weighted by atomic mass is 9.97. The first-order chi connectivity index (χ1) is 12.0. The molecule has 1 aliphatic rings. The molecule has 2 heterocycles. The Kier molecular flexibility index (Phi) is 5.19. The SMILES string of the molecule is CC1CCCC(C)N1C(=O)/C=C/c1ccc(-c2ccc(N)cc2Cl)o1. The van der Waals surface area contributed by atoms with Gasteiger partial charge in [-0.2, -0.15) is 0 Å². The highest BCUT2D eigenvalue weighted by Crippen LogP contribution is 2.31. The standard InChI is InChI=1S/C20H23ClN2O2/c1-13-4-3-5-14(2)23(13)20(24)11-8-16-7-10-19(25-16)17-9-6-15(22)12-18(17)21/h6-14H,3-5,22H2,1-2H3/b11-8+. The van der Waals surface area contributed by atoms with E-state index in [2.05, 4.69) is 13.8 Å². The zero-order valence-corrected chi connectivity index (χ0v) is 15.3. The number of nitrogens with zero attached hydrogens (tertiary/aromatic N) is 1. The van der Waals surface area contributed by atoms with Crippen molar-refractivity contribution >= 4 is 29.3 Å². The highest BCUT2D eigenvalue weighted by Gasteiger charge is 2.27. The van der Waals surface area contributed by atoms with Crippen LogP contribution in [0.2, 0.25) is 5.02 Å². The molecule has 1 amide bonds. The minimum absolute atomic E-state index is 0.0307. The van der Waals surface area contributed by atoms with Crippen LogP contribution in [0.5, 0.6) is 0 Å². The third-order valence-corrected chi connectivity index (χ3v) is 5.04. The van der Waals surface area contributed by atoms with Crippen molar-refractivity contribution in [2.75, 3.05) is 5.73 Å². The maximum Gasteiger partial charge on any atom is 0.247 e. The first-order valence-corrected chi connectivity index (χ1v) is 8.99. The molecule has 2 N–H and O–H groups in total. The van der Waals surface area contributed by atoms with Gasteiger partial charge in [-0.1, -0.05) is 11.6 Å². The third-order valence-electron chi connectivity index (χ3n) is 4.72. The van der Waals surface area contributed by atoms with Gasteiger partial charge < -0.3 is 15.1 Å². The Labute approximate surface area is 153 Å². The summed E-state index contributed by atoms with van der Waals surface area (Å²) in [6.45, 7) is 4.21. The summed E-state index contributed by atoms with van der Waals surface area (Å²) in [6, 6.07) is 9.53. The molecule has 0 spiro atoms. The van der Waals surface area contributed by atoms with Crippen molar-refractivity contribution < 1.29 is 9.21 Å². The summed E-state index contributed by atoms with van der Waals surface area (Å²) in [5, 5.41) is 0.539. The minimum Gasteiger partial charge on any atom is -0.457 e. The molecule has 2 unspecified atom stereocenters. The zero-order chi connectivity index (χ0) is 18.0. The van der Waals surface area contributed by atoms with Crippen LogP contribution in [-0.4, -0.2) is 22.9 Å². The number of piperidine rings is 1. The molecule has 5 heteroatoms. The molecular formula is C20H23ClN2O2. The van der Waals surface area contributed by atoms with E-state index in [0.29, 0.717) is 22.2 Å².